The number of nitro benzene ring substituents is 2. The van der Waals surface area contributed by atoms with E-state index in [0.29, 0.717) is 17.8 Å². The maximum Gasteiger partial charge on any atom is 0.302 e. The summed E-state index contributed by atoms with van der Waals surface area (Å²) in [5.74, 6) is -0.177. The fourth-order valence-electron chi connectivity index (χ4n) is 4.20. The highest BCUT2D eigenvalue weighted by Gasteiger charge is 2.30. The lowest BCUT2D eigenvalue weighted by Crippen LogP contribution is -2.35. The zero-order valence-corrected chi connectivity index (χ0v) is 23.9. The van der Waals surface area contributed by atoms with Crippen molar-refractivity contribution >= 4 is 40.3 Å². The van der Waals surface area contributed by atoms with Crippen LogP contribution in [0, 0.1) is 47.9 Å². The molecule has 0 aliphatic rings. The number of carbonyl (C=O) groups is 1. The van der Waals surface area contributed by atoms with E-state index in [9.17, 15) is 25.0 Å². The molecule has 1 aromatic heterocycles. The number of anilines is 2. The van der Waals surface area contributed by atoms with Gasteiger partial charge in [-0.2, -0.15) is 5.10 Å². The molecule has 1 heterocycles. The number of nitro groups is 2. The molecule has 0 radical (unpaired) electrons. The summed E-state index contributed by atoms with van der Waals surface area (Å²) in [5, 5.41) is 29.5. The number of nitrogens with one attached hydrogen (secondary N) is 1. The molecule has 210 valence electrons. The van der Waals surface area contributed by atoms with Gasteiger partial charge < -0.3 is 5.32 Å². The molecule has 0 spiro atoms. The van der Waals surface area contributed by atoms with E-state index in [2.05, 4.69) is 10.4 Å². The van der Waals surface area contributed by atoms with Crippen LogP contribution in [0.1, 0.15) is 48.9 Å². The maximum atomic E-state index is 12.1. The predicted octanol–water partition coefficient (Wildman–Crippen LogP) is 6.45. The monoisotopic (exact) mass is 558 g/mol. The number of hydrogen-bond donors (Lipinski definition) is 1. The zero-order valence-electron chi connectivity index (χ0n) is 23.1. The molecular formula is C27H35ClN6O5. The molecule has 3 rings (SSSR count). The molecular weight excluding hydrogens is 524 g/mol. The number of para-hydroxylation sites is 1. The van der Waals surface area contributed by atoms with E-state index in [0.717, 1.165) is 29.7 Å². The molecule has 0 unspecified atom stereocenters. The van der Waals surface area contributed by atoms with Gasteiger partial charge in [0.1, 0.15) is 12.5 Å². The Morgan fingerprint density at radius 3 is 2.13 bits per heavy atom. The zero-order chi connectivity index (χ0) is 29.3. The highest BCUT2D eigenvalue weighted by Crippen LogP contribution is 2.39. The Labute approximate surface area is 233 Å². The number of benzene rings is 2. The third kappa shape index (κ3) is 7.76. The lowest BCUT2D eigenvalue weighted by molar-refractivity contribution is -0.392. The fraction of sp³-hybridized carbons (Fsp3) is 0.407. The van der Waals surface area contributed by atoms with Crippen LogP contribution in [0.2, 0.25) is 0 Å². The molecule has 39 heavy (non-hydrogen) atoms. The Morgan fingerprint density at radius 2 is 1.67 bits per heavy atom. The largest absolute Gasteiger partial charge is 0.371 e. The highest BCUT2D eigenvalue weighted by molar-refractivity contribution is 6.29. The highest BCUT2D eigenvalue weighted by atomic mass is 35.5. The van der Waals surface area contributed by atoms with Crippen molar-refractivity contribution in [2.75, 3.05) is 16.1 Å². The molecule has 11 nitrogen and oxygen atoms in total. The van der Waals surface area contributed by atoms with E-state index in [4.69, 9.17) is 11.6 Å². The Balaban J connectivity index is 0.000000274. The van der Waals surface area contributed by atoms with Crippen LogP contribution < -0.4 is 10.2 Å². The Bertz CT molecular complexity index is 1290. The molecule has 0 bridgehead atoms. The molecule has 1 amide bonds. The van der Waals surface area contributed by atoms with Crippen LogP contribution in [0.5, 0.6) is 0 Å². The minimum atomic E-state index is -0.579. The van der Waals surface area contributed by atoms with Gasteiger partial charge in [-0.15, -0.1) is 11.6 Å². The summed E-state index contributed by atoms with van der Waals surface area (Å²) in [7, 11) is 0. The fourth-order valence-corrected chi connectivity index (χ4v) is 4.34. The van der Waals surface area contributed by atoms with Gasteiger partial charge in [-0.25, -0.2) is 0 Å². The normalized spacial score (nSPS) is 10.6. The van der Waals surface area contributed by atoms with Gasteiger partial charge in [0.2, 0.25) is 5.91 Å². The maximum absolute atomic E-state index is 12.1. The van der Waals surface area contributed by atoms with Crippen molar-refractivity contribution in [3.63, 3.8) is 0 Å². The first kappa shape index (κ1) is 31.2. The molecule has 2 aromatic carbocycles. The number of carbonyl (C=O) groups excluding carboxylic acids is 1. The van der Waals surface area contributed by atoms with E-state index >= 15 is 0 Å². The standard InChI is InChI=1S/C14H16ClN3O.C13H19N3O4/c1-11-5-3-6-12(2)14(11)18(13(19)9-15)10-17-8-4-7-16-17;1-5-10(6-2)14-12-11(15(17)18)7-8(3)9(4)13(12)16(19)20/h3-8H,9-10H2,1-2H3;7,10,14H,5-6H2,1-4H3. The molecule has 12 heteroatoms. The van der Waals surface area contributed by atoms with Crippen LogP contribution in [-0.2, 0) is 11.5 Å². The first-order chi connectivity index (χ1) is 18.5. The van der Waals surface area contributed by atoms with Crippen LogP contribution in [0.3, 0.4) is 0 Å². The van der Waals surface area contributed by atoms with Gasteiger partial charge >= 0.3 is 5.69 Å². The number of amides is 1. The van der Waals surface area contributed by atoms with E-state index in [1.54, 1.807) is 29.6 Å². The average molecular weight is 559 g/mol. The molecule has 0 aliphatic carbocycles. The third-order valence-corrected chi connectivity index (χ3v) is 6.71. The van der Waals surface area contributed by atoms with Crippen LogP contribution in [0.15, 0.2) is 42.7 Å². The lowest BCUT2D eigenvalue weighted by Gasteiger charge is -2.25. The molecule has 0 saturated heterocycles. The topological polar surface area (TPSA) is 136 Å². The Kier molecular flexibility index (Phi) is 11.4. The summed E-state index contributed by atoms with van der Waals surface area (Å²) >= 11 is 5.72. The average Bonchev–Trinajstić information content (AvgIpc) is 3.41. The minimum absolute atomic E-state index is 0.0109. The van der Waals surface area contributed by atoms with Crippen molar-refractivity contribution in [2.45, 2.75) is 67.1 Å². The van der Waals surface area contributed by atoms with Crippen LogP contribution in [-0.4, -0.2) is 37.5 Å². The summed E-state index contributed by atoms with van der Waals surface area (Å²) in [5.41, 5.74) is 3.56. The second-order valence-electron chi connectivity index (χ2n) is 9.12. The summed E-state index contributed by atoms with van der Waals surface area (Å²) in [6.07, 6.45) is 4.98. The van der Waals surface area contributed by atoms with Crippen molar-refractivity contribution in [3.05, 3.63) is 85.2 Å². The molecule has 0 atom stereocenters. The summed E-state index contributed by atoms with van der Waals surface area (Å²) in [6, 6.07) is 9.13. The van der Waals surface area contributed by atoms with Crippen molar-refractivity contribution in [3.8, 4) is 0 Å². The van der Waals surface area contributed by atoms with Crippen molar-refractivity contribution in [1.29, 1.82) is 0 Å². The molecule has 0 aliphatic heterocycles. The van der Waals surface area contributed by atoms with Gasteiger partial charge in [-0.1, -0.05) is 32.0 Å². The Morgan fingerprint density at radius 1 is 1.05 bits per heavy atom. The van der Waals surface area contributed by atoms with E-state index in [-0.39, 0.29) is 34.9 Å². The smallest absolute Gasteiger partial charge is 0.302 e. The molecule has 1 N–H and O–H groups in total. The quantitative estimate of drug-likeness (QED) is 0.171. The minimum Gasteiger partial charge on any atom is -0.371 e. The second kappa shape index (κ2) is 14.2. The van der Waals surface area contributed by atoms with Crippen molar-refractivity contribution in [2.24, 2.45) is 0 Å². The lowest BCUT2D eigenvalue weighted by atomic mass is 10.0. The number of nitrogens with zero attached hydrogens (tertiary/aromatic N) is 5. The van der Waals surface area contributed by atoms with Gasteiger partial charge in [-0.05, 0) is 63.3 Å². The van der Waals surface area contributed by atoms with Crippen LogP contribution in [0.4, 0.5) is 22.7 Å². The third-order valence-electron chi connectivity index (χ3n) is 6.48. The van der Waals surface area contributed by atoms with Crippen LogP contribution in [0.25, 0.3) is 0 Å². The molecule has 3 aromatic rings. The van der Waals surface area contributed by atoms with Gasteiger partial charge in [0.15, 0.2) is 5.69 Å². The van der Waals surface area contributed by atoms with Gasteiger partial charge in [0, 0.05) is 30.1 Å². The number of aryl methyl sites for hydroxylation is 3. The van der Waals surface area contributed by atoms with Gasteiger partial charge in [0.05, 0.1) is 15.5 Å². The Hall–Kier alpha value is -3.99. The van der Waals surface area contributed by atoms with Crippen molar-refractivity contribution in [1.82, 2.24) is 9.78 Å². The number of halogens is 1. The van der Waals surface area contributed by atoms with E-state index in [1.807, 2.05) is 58.2 Å². The molecule has 0 fully saturated rings. The summed E-state index contributed by atoms with van der Waals surface area (Å²) < 4.78 is 1.70. The summed E-state index contributed by atoms with van der Waals surface area (Å²) in [6.45, 7) is 11.4. The first-order valence-electron chi connectivity index (χ1n) is 12.6. The second-order valence-corrected chi connectivity index (χ2v) is 9.38. The number of rotatable bonds is 10. The first-order valence-corrected chi connectivity index (χ1v) is 13.1. The van der Waals surface area contributed by atoms with E-state index in [1.165, 1.54) is 6.07 Å². The van der Waals surface area contributed by atoms with Gasteiger partial charge in [-0.3, -0.25) is 34.6 Å². The number of alkyl halides is 1. The molecule has 0 saturated carbocycles. The summed E-state index contributed by atoms with van der Waals surface area (Å²) in [4.78, 5) is 35.1. The number of aromatic nitrogens is 2. The SMILES string of the molecule is CCC(CC)Nc1c([N+](=O)[O-])cc(C)c(C)c1[N+](=O)[O-].Cc1cccc(C)c1N(Cn1cccn1)C(=O)CCl. The van der Waals surface area contributed by atoms with Gasteiger partial charge in [0.25, 0.3) is 5.69 Å². The van der Waals surface area contributed by atoms with Crippen LogP contribution >= 0.6 is 11.6 Å². The predicted molar refractivity (Wildman–Crippen MR) is 154 cm³/mol. The van der Waals surface area contributed by atoms with E-state index < -0.39 is 9.85 Å². The van der Waals surface area contributed by atoms with Crippen molar-refractivity contribution < 1.29 is 14.6 Å². The number of hydrogen-bond acceptors (Lipinski definition) is 7.